The summed E-state index contributed by atoms with van der Waals surface area (Å²) in [4.78, 5) is 33.8. The Bertz CT molecular complexity index is 557. The monoisotopic (exact) mass is 277 g/mol. The van der Waals surface area contributed by atoms with Crippen molar-refractivity contribution in [3.63, 3.8) is 0 Å². The zero-order chi connectivity index (χ0) is 14.9. The lowest BCUT2D eigenvalue weighted by Crippen LogP contribution is -2.43. The maximum atomic E-state index is 12.5. The average molecular weight is 277 g/mol. The summed E-state index contributed by atoms with van der Waals surface area (Å²) in [6.45, 7) is 6.25. The molecule has 1 atom stereocenters. The highest BCUT2D eigenvalue weighted by Gasteiger charge is 2.30. The molecule has 1 unspecified atom stereocenters. The lowest BCUT2D eigenvalue weighted by Gasteiger charge is -2.30. The van der Waals surface area contributed by atoms with Crippen molar-refractivity contribution in [1.82, 2.24) is 14.9 Å². The molecule has 1 aromatic heterocycles. The maximum absolute atomic E-state index is 12.5. The number of likely N-dealkylation sites (tertiary alicyclic amines) is 1. The Balaban J connectivity index is 2.23. The number of carboxylic acids is 1. The molecule has 1 aromatic rings. The van der Waals surface area contributed by atoms with E-state index in [9.17, 15) is 9.59 Å². The highest BCUT2D eigenvalue weighted by atomic mass is 16.4. The minimum absolute atomic E-state index is 0.218. The van der Waals surface area contributed by atoms with Crippen LogP contribution < -0.4 is 0 Å². The van der Waals surface area contributed by atoms with E-state index in [0.717, 1.165) is 11.4 Å². The van der Waals surface area contributed by atoms with Crippen LogP contribution in [0.1, 0.15) is 40.4 Å². The van der Waals surface area contributed by atoms with E-state index in [2.05, 4.69) is 9.97 Å². The van der Waals surface area contributed by atoms with Crippen LogP contribution in [0, 0.1) is 26.7 Å². The maximum Gasteiger partial charge on any atom is 0.308 e. The molecule has 0 aliphatic carbocycles. The van der Waals surface area contributed by atoms with Crippen molar-refractivity contribution in [3.05, 3.63) is 22.8 Å². The van der Waals surface area contributed by atoms with E-state index < -0.39 is 11.9 Å². The van der Waals surface area contributed by atoms with Gasteiger partial charge < -0.3 is 10.0 Å². The van der Waals surface area contributed by atoms with Gasteiger partial charge in [-0.25, -0.2) is 4.98 Å². The van der Waals surface area contributed by atoms with Gasteiger partial charge in [-0.1, -0.05) is 0 Å². The van der Waals surface area contributed by atoms with E-state index in [1.54, 1.807) is 11.8 Å². The number of aromatic nitrogens is 2. The Kier molecular flexibility index (Phi) is 4.01. The molecule has 1 amide bonds. The lowest BCUT2D eigenvalue weighted by molar-refractivity contribution is -0.143. The van der Waals surface area contributed by atoms with Crippen LogP contribution in [0.5, 0.6) is 0 Å². The van der Waals surface area contributed by atoms with E-state index in [1.807, 2.05) is 13.8 Å². The molecule has 0 bridgehead atoms. The highest BCUT2D eigenvalue weighted by Crippen LogP contribution is 2.19. The molecule has 2 heterocycles. The van der Waals surface area contributed by atoms with Gasteiger partial charge in [-0.3, -0.25) is 14.6 Å². The first kappa shape index (κ1) is 14.4. The molecular weight excluding hydrogens is 258 g/mol. The predicted octanol–water partition coefficient (Wildman–Crippen LogP) is 1.34. The minimum Gasteiger partial charge on any atom is -0.481 e. The summed E-state index contributed by atoms with van der Waals surface area (Å²) in [6.07, 6.45) is 1.33. The number of hydrogen-bond donors (Lipinski definition) is 1. The SMILES string of the molecule is Cc1nc(C)c(C(=O)N2CCCC(C(=O)O)C2)nc1C. The fourth-order valence-corrected chi connectivity index (χ4v) is 2.43. The molecule has 1 saturated heterocycles. The number of rotatable bonds is 2. The van der Waals surface area contributed by atoms with Crippen molar-refractivity contribution in [2.75, 3.05) is 13.1 Å². The van der Waals surface area contributed by atoms with Crippen molar-refractivity contribution in [2.45, 2.75) is 33.6 Å². The molecule has 6 heteroatoms. The minimum atomic E-state index is -0.842. The molecule has 1 aliphatic heterocycles. The van der Waals surface area contributed by atoms with Gasteiger partial charge in [0.15, 0.2) is 0 Å². The van der Waals surface area contributed by atoms with Crippen molar-refractivity contribution in [2.24, 2.45) is 5.92 Å². The number of carboxylic acid groups (broad SMARTS) is 1. The summed E-state index contributed by atoms with van der Waals surface area (Å²) in [6, 6.07) is 0. The van der Waals surface area contributed by atoms with Crippen LogP contribution in [0.3, 0.4) is 0 Å². The number of aryl methyl sites for hydroxylation is 3. The van der Waals surface area contributed by atoms with Gasteiger partial charge in [0.25, 0.3) is 5.91 Å². The summed E-state index contributed by atoms with van der Waals surface area (Å²) in [5, 5.41) is 9.08. The number of nitrogens with zero attached hydrogens (tertiary/aromatic N) is 3. The summed E-state index contributed by atoms with van der Waals surface area (Å²) >= 11 is 0. The van der Waals surface area contributed by atoms with Crippen LogP contribution in [0.25, 0.3) is 0 Å². The van der Waals surface area contributed by atoms with Gasteiger partial charge in [-0.05, 0) is 33.6 Å². The van der Waals surface area contributed by atoms with Crippen LogP contribution in [-0.4, -0.2) is 44.9 Å². The third-order valence-corrected chi connectivity index (χ3v) is 3.74. The third-order valence-electron chi connectivity index (χ3n) is 3.74. The molecular formula is C14H19N3O3. The summed E-state index contributed by atoms with van der Waals surface area (Å²) in [7, 11) is 0. The van der Waals surface area contributed by atoms with E-state index in [4.69, 9.17) is 5.11 Å². The normalized spacial score (nSPS) is 18.9. The molecule has 108 valence electrons. The Hall–Kier alpha value is -1.98. The van der Waals surface area contributed by atoms with E-state index in [0.29, 0.717) is 30.8 Å². The quantitative estimate of drug-likeness (QED) is 0.882. The van der Waals surface area contributed by atoms with Gasteiger partial charge in [0.2, 0.25) is 0 Å². The Morgan fingerprint density at radius 2 is 1.80 bits per heavy atom. The zero-order valence-electron chi connectivity index (χ0n) is 12.0. The van der Waals surface area contributed by atoms with Crippen LogP contribution in [0.4, 0.5) is 0 Å². The molecule has 0 aromatic carbocycles. The van der Waals surface area contributed by atoms with Gasteiger partial charge in [-0.15, -0.1) is 0 Å². The molecule has 1 N–H and O–H groups in total. The van der Waals surface area contributed by atoms with E-state index >= 15 is 0 Å². The fraction of sp³-hybridized carbons (Fsp3) is 0.571. The van der Waals surface area contributed by atoms with Crippen molar-refractivity contribution < 1.29 is 14.7 Å². The molecule has 6 nitrogen and oxygen atoms in total. The number of amides is 1. The second-order valence-corrected chi connectivity index (χ2v) is 5.26. The first-order chi connectivity index (χ1) is 9.40. The summed E-state index contributed by atoms with van der Waals surface area (Å²) < 4.78 is 0. The summed E-state index contributed by atoms with van der Waals surface area (Å²) in [5.41, 5.74) is 2.46. The van der Waals surface area contributed by atoms with Crippen molar-refractivity contribution >= 4 is 11.9 Å². The van der Waals surface area contributed by atoms with Crippen LogP contribution in [0.2, 0.25) is 0 Å². The second-order valence-electron chi connectivity index (χ2n) is 5.26. The number of carbonyl (C=O) groups is 2. The Morgan fingerprint density at radius 1 is 1.15 bits per heavy atom. The molecule has 1 fully saturated rings. The van der Waals surface area contributed by atoms with E-state index in [-0.39, 0.29) is 12.5 Å². The van der Waals surface area contributed by atoms with Gasteiger partial charge in [-0.2, -0.15) is 0 Å². The second kappa shape index (κ2) is 5.56. The van der Waals surface area contributed by atoms with Gasteiger partial charge >= 0.3 is 5.97 Å². The fourth-order valence-electron chi connectivity index (χ4n) is 2.43. The molecule has 2 rings (SSSR count). The van der Waals surface area contributed by atoms with Crippen LogP contribution >= 0.6 is 0 Å². The molecule has 20 heavy (non-hydrogen) atoms. The molecule has 0 radical (unpaired) electrons. The zero-order valence-corrected chi connectivity index (χ0v) is 12.0. The van der Waals surface area contributed by atoms with Crippen LogP contribution in [-0.2, 0) is 4.79 Å². The third kappa shape index (κ3) is 2.79. The number of hydrogen-bond acceptors (Lipinski definition) is 4. The van der Waals surface area contributed by atoms with Gasteiger partial charge in [0, 0.05) is 13.1 Å². The van der Waals surface area contributed by atoms with Crippen molar-refractivity contribution in [1.29, 1.82) is 0 Å². The lowest BCUT2D eigenvalue weighted by atomic mass is 9.98. The molecule has 1 aliphatic rings. The number of aliphatic carboxylic acids is 1. The predicted molar refractivity (Wildman–Crippen MR) is 72.5 cm³/mol. The number of carbonyl (C=O) groups excluding carboxylic acids is 1. The van der Waals surface area contributed by atoms with Gasteiger partial charge in [0.1, 0.15) is 5.69 Å². The molecule has 0 spiro atoms. The average Bonchev–Trinajstić information content (AvgIpc) is 2.42. The number of piperidine rings is 1. The molecule has 0 saturated carbocycles. The highest BCUT2D eigenvalue weighted by molar-refractivity contribution is 5.93. The smallest absolute Gasteiger partial charge is 0.308 e. The van der Waals surface area contributed by atoms with Crippen LogP contribution in [0.15, 0.2) is 0 Å². The Labute approximate surface area is 117 Å². The topological polar surface area (TPSA) is 83.4 Å². The largest absolute Gasteiger partial charge is 0.481 e. The van der Waals surface area contributed by atoms with Crippen molar-refractivity contribution in [3.8, 4) is 0 Å². The Morgan fingerprint density at radius 3 is 2.45 bits per heavy atom. The standard InChI is InChI=1S/C14H19N3O3/c1-8-9(2)16-12(10(3)15-8)13(18)17-6-4-5-11(7-17)14(19)20/h11H,4-7H2,1-3H3,(H,19,20). The summed E-state index contributed by atoms with van der Waals surface area (Å²) in [5.74, 6) is -1.54. The first-order valence-electron chi connectivity index (χ1n) is 6.74. The first-order valence-corrected chi connectivity index (χ1v) is 6.74. The van der Waals surface area contributed by atoms with E-state index in [1.165, 1.54) is 0 Å². The van der Waals surface area contributed by atoms with Gasteiger partial charge in [0.05, 0.1) is 23.0 Å².